The highest BCUT2D eigenvalue weighted by molar-refractivity contribution is 6.06. The van der Waals surface area contributed by atoms with Crippen LogP contribution < -0.4 is 5.56 Å². The number of pyridine rings is 1. The maximum Gasteiger partial charge on any atom is 0.254 e. The molecule has 5 nitrogen and oxygen atoms in total. The van der Waals surface area contributed by atoms with Gasteiger partial charge in [-0.05, 0) is 38.0 Å². The number of aliphatic hydroxyl groups is 1. The Kier molecular flexibility index (Phi) is 4.17. The summed E-state index contributed by atoms with van der Waals surface area (Å²) in [4.78, 5) is 28.8. The first-order valence-corrected chi connectivity index (χ1v) is 7.75. The second-order valence-corrected chi connectivity index (χ2v) is 6.13. The molecule has 1 aliphatic heterocycles. The van der Waals surface area contributed by atoms with Crippen LogP contribution in [0.5, 0.6) is 0 Å². The second kappa shape index (κ2) is 6.12. The number of hydrogen-bond donors (Lipinski definition) is 2. The molecule has 2 N–H and O–H groups in total. The minimum atomic E-state index is -0.476. The maximum atomic E-state index is 13.4. The number of carbonyl (C=O) groups excluding carboxylic acids is 1. The molecule has 23 heavy (non-hydrogen) atoms. The fourth-order valence-electron chi connectivity index (χ4n) is 3.17. The van der Waals surface area contributed by atoms with E-state index in [1.165, 1.54) is 24.3 Å². The Bertz CT molecular complexity index is 800. The van der Waals surface area contributed by atoms with E-state index in [1.807, 2.05) is 0 Å². The molecule has 1 aromatic heterocycles. The number of benzene rings is 1. The first kappa shape index (κ1) is 15.7. The van der Waals surface area contributed by atoms with E-state index >= 15 is 0 Å². The Balaban J connectivity index is 1.99. The molecule has 1 saturated heterocycles. The summed E-state index contributed by atoms with van der Waals surface area (Å²) in [5.41, 5.74) is 0.149. The Morgan fingerprint density at radius 1 is 1.43 bits per heavy atom. The predicted molar refractivity (Wildman–Crippen MR) is 84.8 cm³/mol. The average Bonchev–Trinajstić information content (AvgIpc) is 2.53. The van der Waals surface area contributed by atoms with Crippen LogP contribution in [0.3, 0.4) is 0 Å². The lowest BCUT2D eigenvalue weighted by Crippen LogP contribution is -2.43. The molecule has 1 aromatic carbocycles. The minimum Gasteiger partial charge on any atom is -0.393 e. The minimum absolute atomic E-state index is 0.0402. The summed E-state index contributed by atoms with van der Waals surface area (Å²) >= 11 is 0. The quantitative estimate of drug-likeness (QED) is 0.888. The van der Waals surface area contributed by atoms with Crippen molar-refractivity contribution in [3.8, 4) is 0 Å². The Hall–Kier alpha value is -2.21. The van der Waals surface area contributed by atoms with E-state index in [-0.39, 0.29) is 17.4 Å². The van der Waals surface area contributed by atoms with Gasteiger partial charge in [0.05, 0.1) is 17.2 Å². The zero-order chi connectivity index (χ0) is 16.6. The molecule has 1 fully saturated rings. The van der Waals surface area contributed by atoms with Gasteiger partial charge in [0.2, 0.25) is 5.56 Å². The number of nitrogens with zero attached hydrogens (tertiary/aromatic N) is 1. The molecule has 1 amide bonds. The summed E-state index contributed by atoms with van der Waals surface area (Å²) in [6.45, 7) is 2.79. The molecule has 6 heteroatoms. The van der Waals surface area contributed by atoms with Crippen LogP contribution in [0.15, 0.2) is 29.1 Å². The first-order chi connectivity index (χ1) is 11.0. The predicted octanol–water partition coefficient (Wildman–Crippen LogP) is 1.90. The standard InChI is InChI=1S/C17H19FN2O3/c1-10(21)11-3-2-6-20(9-11)17(23)14-8-16(22)19-15-7-12(18)4-5-13(14)15/h4-5,7-8,10-11,21H,2-3,6,9H2,1H3,(H,19,22). The van der Waals surface area contributed by atoms with Gasteiger partial charge in [-0.15, -0.1) is 0 Å². The largest absolute Gasteiger partial charge is 0.393 e. The lowest BCUT2D eigenvalue weighted by molar-refractivity contribution is 0.0467. The zero-order valence-corrected chi connectivity index (χ0v) is 12.9. The van der Waals surface area contributed by atoms with Crippen molar-refractivity contribution in [2.75, 3.05) is 13.1 Å². The van der Waals surface area contributed by atoms with Gasteiger partial charge in [0.1, 0.15) is 5.82 Å². The number of hydrogen-bond acceptors (Lipinski definition) is 3. The SMILES string of the molecule is CC(O)C1CCCN(C(=O)c2cc(=O)[nH]c3cc(F)ccc23)C1. The van der Waals surface area contributed by atoms with Gasteiger partial charge in [-0.2, -0.15) is 0 Å². The van der Waals surface area contributed by atoms with E-state index in [9.17, 15) is 19.1 Å². The average molecular weight is 318 g/mol. The summed E-state index contributed by atoms with van der Waals surface area (Å²) in [6.07, 6.45) is 1.22. The number of carbonyl (C=O) groups is 1. The number of fused-ring (bicyclic) bond motifs is 1. The van der Waals surface area contributed by atoms with Gasteiger partial charge in [0, 0.05) is 30.5 Å². The van der Waals surface area contributed by atoms with Gasteiger partial charge in [0.15, 0.2) is 0 Å². The van der Waals surface area contributed by atoms with E-state index in [0.29, 0.717) is 24.0 Å². The number of amides is 1. The summed E-state index contributed by atoms with van der Waals surface area (Å²) in [7, 11) is 0. The van der Waals surface area contributed by atoms with Gasteiger partial charge in [-0.1, -0.05) is 0 Å². The Morgan fingerprint density at radius 3 is 2.96 bits per heavy atom. The number of nitrogens with one attached hydrogen (secondary N) is 1. The molecule has 2 unspecified atom stereocenters. The third-order valence-corrected chi connectivity index (χ3v) is 4.46. The number of aliphatic hydroxyl groups excluding tert-OH is 1. The number of piperidine rings is 1. The van der Waals surface area contributed by atoms with E-state index in [2.05, 4.69) is 4.98 Å². The molecule has 2 heterocycles. The Morgan fingerprint density at radius 2 is 2.22 bits per heavy atom. The van der Waals surface area contributed by atoms with Crippen molar-refractivity contribution in [3.63, 3.8) is 0 Å². The van der Waals surface area contributed by atoms with Crippen molar-refractivity contribution in [1.29, 1.82) is 0 Å². The second-order valence-electron chi connectivity index (χ2n) is 6.13. The molecule has 0 spiro atoms. The highest BCUT2D eigenvalue weighted by Crippen LogP contribution is 2.23. The lowest BCUT2D eigenvalue weighted by atomic mass is 9.93. The van der Waals surface area contributed by atoms with Crippen molar-refractivity contribution in [2.24, 2.45) is 5.92 Å². The molecule has 0 aliphatic carbocycles. The molecule has 3 rings (SSSR count). The molecule has 122 valence electrons. The third kappa shape index (κ3) is 3.12. The molecule has 2 atom stereocenters. The first-order valence-electron chi connectivity index (χ1n) is 7.75. The zero-order valence-electron chi connectivity index (χ0n) is 12.9. The third-order valence-electron chi connectivity index (χ3n) is 4.46. The molecular formula is C17H19FN2O3. The number of aromatic amines is 1. The van der Waals surface area contributed by atoms with E-state index in [4.69, 9.17) is 0 Å². The van der Waals surface area contributed by atoms with Gasteiger partial charge in [-0.3, -0.25) is 9.59 Å². The number of likely N-dealkylation sites (tertiary alicyclic amines) is 1. The van der Waals surface area contributed by atoms with Crippen LogP contribution in [-0.2, 0) is 0 Å². The number of aromatic nitrogens is 1. The number of rotatable bonds is 2. The van der Waals surface area contributed by atoms with Gasteiger partial charge in [-0.25, -0.2) is 4.39 Å². The van der Waals surface area contributed by atoms with Crippen LogP contribution in [-0.4, -0.2) is 40.1 Å². The lowest BCUT2D eigenvalue weighted by Gasteiger charge is -2.34. The van der Waals surface area contributed by atoms with Crippen LogP contribution in [0.1, 0.15) is 30.1 Å². The van der Waals surface area contributed by atoms with E-state index in [1.54, 1.807) is 11.8 Å². The molecule has 2 aromatic rings. The van der Waals surface area contributed by atoms with Crippen molar-refractivity contribution in [1.82, 2.24) is 9.88 Å². The maximum absolute atomic E-state index is 13.4. The number of halogens is 1. The van der Waals surface area contributed by atoms with Crippen molar-refractivity contribution >= 4 is 16.8 Å². The van der Waals surface area contributed by atoms with Crippen molar-refractivity contribution < 1.29 is 14.3 Å². The normalized spacial score (nSPS) is 19.8. The topological polar surface area (TPSA) is 73.4 Å². The summed E-state index contributed by atoms with van der Waals surface area (Å²) in [5, 5.41) is 10.3. The monoisotopic (exact) mass is 318 g/mol. The van der Waals surface area contributed by atoms with Crippen LogP contribution in [0.4, 0.5) is 4.39 Å². The Labute approximate surface area is 132 Å². The summed E-state index contributed by atoms with van der Waals surface area (Å²) < 4.78 is 13.4. The fraction of sp³-hybridized carbons (Fsp3) is 0.412. The molecule has 0 radical (unpaired) electrons. The van der Waals surface area contributed by atoms with Crippen LogP contribution >= 0.6 is 0 Å². The van der Waals surface area contributed by atoms with E-state index in [0.717, 1.165) is 12.8 Å². The van der Waals surface area contributed by atoms with Crippen LogP contribution in [0.2, 0.25) is 0 Å². The molecule has 0 bridgehead atoms. The van der Waals surface area contributed by atoms with Gasteiger partial charge < -0.3 is 15.0 Å². The van der Waals surface area contributed by atoms with Crippen molar-refractivity contribution in [2.45, 2.75) is 25.9 Å². The smallest absolute Gasteiger partial charge is 0.254 e. The molecular weight excluding hydrogens is 299 g/mol. The molecule has 1 aliphatic rings. The van der Waals surface area contributed by atoms with Gasteiger partial charge >= 0.3 is 0 Å². The highest BCUT2D eigenvalue weighted by Gasteiger charge is 2.28. The highest BCUT2D eigenvalue weighted by atomic mass is 19.1. The van der Waals surface area contributed by atoms with Crippen LogP contribution in [0, 0.1) is 11.7 Å². The summed E-state index contributed by atoms with van der Waals surface area (Å²) in [5.74, 6) is -0.679. The van der Waals surface area contributed by atoms with Crippen LogP contribution in [0.25, 0.3) is 10.9 Å². The van der Waals surface area contributed by atoms with Crippen molar-refractivity contribution in [3.05, 3.63) is 46.0 Å². The van der Waals surface area contributed by atoms with E-state index < -0.39 is 17.5 Å². The molecule has 0 saturated carbocycles. The van der Waals surface area contributed by atoms with Gasteiger partial charge in [0.25, 0.3) is 5.91 Å². The summed E-state index contributed by atoms with van der Waals surface area (Å²) in [6, 6.07) is 5.24. The number of H-pyrrole nitrogens is 1. The fourth-order valence-corrected chi connectivity index (χ4v) is 3.17.